The predicted octanol–water partition coefficient (Wildman–Crippen LogP) is 0.840. The van der Waals surface area contributed by atoms with E-state index in [-0.39, 0.29) is 0 Å². The molecule has 1 rings (SSSR count). The molecular weight excluding hydrogens is 182 g/mol. The van der Waals surface area contributed by atoms with E-state index in [1.807, 2.05) is 18.2 Å². The van der Waals surface area contributed by atoms with Gasteiger partial charge in [-0.15, -0.1) is 0 Å². The SMILES string of the molecule is COC([Si])(OC)c1ccccc1N. The van der Waals surface area contributed by atoms with Crippen molar-refractivity contribution in [3.05, 3.63) is 29.8 Å². The van der Waals surface area contributed by atoms with Crippen LogP contribution in [0.5, 0.6) is 0 Å². The Kier molecular flexibility index (Phi) is 3.08. The highest BCUT2D eigenvalue weighted by Crippen LogP contribution is 2.26. The van der Waals surface area contributed by atoms with Gasteiger partial charge in [0.25, 0.3) is 0 Å². The van der Waals surface area contributed by atoms with Gasteiger partial charge in [-0.25, -0.2) is 0 Å². The molecule has 13 heavy (non-hydrogen) atoms. The lowest BCUT2D eigenvalue weighted by molar-refractivity contribution is -0.148. The molecule has 0 heterocycles. The lowest BCUT2D eigenvalue weighted by atomic mass is 10.1. The Bertz CT molecular complexity index is 287. The van der Waals surface area contributed by atoms with Crippen molar-refractivity contribution in [3.8, 4) is 0 Å². The smallest absolute Gasteiger partial charge is 0.170 e. The molecular formula is C9H12NO2Si. The molecule has 0 atom stereocenters. The highest BCUT2D eigenvalue weighted by Gasteiger charge is 2.27. The molecule has 0 aliphatic rings. The van der Waals surface area contributed by atoms with E-state index in [4.69, 9.17) is 15.2 Å². The maximum atomic E-state index is 5.77. The third-order valence-corrected chi connectivity index (χ3v) is 2.57. The van der Waals surface area contributed by atoms with E-state index < -0.39 is 5.41 Å². The number of hydrogen-bond donors (Lipinski definition) is 1. The molecule has 0 aliphatic heterocycles. The molecule has 0 fully saturated rings. The fraction of sp³-hybridized carbons (Fsp3) is 0.333. The highest BCUT2D eigenvalue weighted by atomic mass is 28.1. The standard InChI is InChI=1S/C9H12NO2Si/c1-11-9(13,12-2)7-5-3-4-6-8(7)10/h3-6H,10H2,1-2H3. The van der Waals surface area contributed by atoms with Gasteiger partial charge < -0.3 is 15.2 Å². The first kappa shape index (κ1) is 10.2. The van der Waals surface area contributed by atoms with Crippen molar-refractivity contribution >= 4 is 15.9 Å². The number of rotatable bonds is 3. The Morgan fingerprint density at radius 1 is 1.23 bits per heavy atom. The zero-order valence-electron chi connectivity index (χ0n) is 7.70. The number of nitrogens with two attached hydrogens (primary N) is 1. The lowest BCUT2D eigenvalue weighted by Gasteiger charge is -2.28. The quantitative estimate of drug-likeness (QED) is 0.440. The second-order valence-corrected chi connectivity index (χ2v) is 3.27. The number of benzene rings is 1. The van der Waals surface area contributed by atoms with E-state index in [2.05, 4.69) is 10.2 Å². The summed E-state index contributed by atoms with van der Waals surface area (Å²) in [6.45, 7) is 0. The van der Waals surface area contributed by atoms with E-state index in [1.54, 1.807) is 20.3 Å². The van der Waals surface area contributed by atoms with Gasteiger partial charge in [0.2, 0.25) is 0 Å². The van der Waals surface area contributed by atoms with Crippen molar-refractivity contribution in [2.45, 2.75) is 5.41 Å². The molecule has 0 saturated carbocycles. The summed E-state index contributed by atoms with van der Waals surface area (Å²) in [4.78, 5) is 0. The van der Waals surface area contributed by atoms with Gasteiger partial charge in [-0.05, 0) is 6.07 Å². The minimum Gasteiger partial charge on any atom is -0.398 e. The van der Waals surface area contributed by atoms with Gasteiger partial charge in [-0.1, -0.05) is 18.2 Å². The summed E-state index contributed by atoms with van der Waals surface area (Å²) in [5.41, 5.74) is 6.20. The average Bonchev–Trinajstić information content (AvgIpc) is 2.17. The first-order valence-corrected chi connectivity index (χ1v) is 4.34. The molecule has 1 aromatic carbocycles. The predicted molar refractivity (Wildman–Crippen MR) is 52.3 cm³/mol. The van der Waals surface area contributed by atoms with Gasteiger partial charge >= 0.3 is 0 Å². The number of hydrogen-bond acceptors (Lipinski definition) is 3. The summed E-state index contributed by atoms with van der Waals surface area (Å²) in [5.74, 6) is 0. The Labute approximate surface area is 81.3 Å². The largest absolute Gasteiger partial charge is 0.398 e. The third-order valence-electron chi connectivity index (χ3n) is 1.89. The van der Waals surface area contributed by atoms with E-state index in [0.717, 1.165) is 5.56 Å². The van der Waals surface area contributed by atoms with Crippen LogP contribution in [-0.4, -0.2) is 24.5 Å². The lowest BCUT2D eigenvalue weighted by Crippen LogP contribution is -2.31. The summed E-state index contributed by atoms with van der Waals surface area (Å²) in [7, 11) is 6.46. The zero-order chi connectivity index (χ0) is 9.90. The molecule has 0 saturated heterocycles. The number of nitrogen functional groups attached to an aromatic ring is 1. The van der Waals surface area contributed by atoms with Crippen LogP contribution in [-0.2, 0) is 14.9 Å². The van der Waals surface area contributed by atoms with Crippen molar-refractivity contribution in [1.29, 1.82) is 0 Å². The van der Waals surface area contributed by atoms with Crippen LogP contribution in [0.15, 0.2) is 24.3 Å². The highest BCUT2D eigenvalue weighted by molar-refractivity contribution is 6.14. The first-order chi connectivity index (χ1) is 6.14. The molecule has 69 valence electrons. The number of para-hydroxylation sites is 1. The van der Waals surface area contributed by atoms with Crippen LogP contribution in [0.4, 0.5) is 5.69 Å². The monoisotopic (exact) mass is 194 g/mol. The van der Waals surface area contributed by atoms with Crippen LogP contribution < -0.4 is 5.73 Å². The number of anilines is 1. The van der Waals surface area contributed by atoms with E-state index in [0.29, 0.717) is 5.69 Å². The molecule has 4 heteroatoms. The minimum absolute atomic E-state index is 0.626. The molecule has 3 nitrogen and oxygen atoms in total. The van der Waals surface area contributed by atoms with E-state index in [1.165, 1.54) is 0 Å². The van der Waals surface area contributed by atoms with Crippen molar-refractivity contribution in [2.24, 2.45) is 0 Å². The van der Waals surface area contributed by atoms with Gasteiger partial charge in [-0.2, -0.15) is 0 Å². The first-order valence-electron chi connectivity index (χ1n) is 3.84. The van der Waals surface area contributed by atoms with E-state index in [9.17, 15) is 0 Å². The number of ether oxygens (including phenoxy) is 2. The molecule has 0 aliphatic carbocycles. The Hall–Kier alpha value is -0.843. The van der Waals surface area contributed by atoms with Gasteiger partial charge in [0.05, 0.1) is 0 Å². The molecule has 0 bridgehead atoms. The average molecular weight is 194 g/mol. The van der Waals surface area contributed by atoms with Crippen LogP contribution in [0.2, 0.25) is 0 Å². The van der Waals surface area contributed by atoms with Crippen LogP contribution in [0.25, 0.3) is 0 Å². The summed E-state index contributed by atoms with van der Waals surface area (Å²) in [6, 6.07) is 7.37. The van der Waals surface area contributed by atoms with Crippen LogP contribution in [0, 0.1) is 0 Å². The second kappa shape index (κ2) is 3.91. The summed E-state index contributed by atoms with van der Waals surface area (Å²) in [6.07, 6.45) is 0. The van der Waals surface area contributed by atoms with Crippen molar-refractivity contribution < 1.29 is 9.47 Å². The van der Waals surface area contributed by atoms with Crippen molar-refractivity contribution in [2.75, 3.05) is 20.0 Å². The molecule has 3 radical (unpaired) electrons. The maximum absolute atomic E-state index is 5.77. The zero-order valence-corrected chi connectivity index (χ0v) is 8.70. The Morgan fingerprint density at radius 2 is 1.77 bits per heavy atom. The van der Waals surface area contributed by atoms with Gasteiger partial charge in [0.1, 0.15) is 10.2 Å². The van der Waals surface area contributed by atoms with Crippen molar-refractivity contribution in [3.63, 3.8) is 0 Å². The summed E-state index contributed by atoms with van der Waals surface area (Å²) in [5, 5.41) is 0. The molecule has 0 aromatic heterocycles. The minimum atomic E-state index is -0.953. The fourth-order valence-corrected chi connectivity index (χ4v) is 1.33. The summed E-state index contributed by atoms with van der Waals surface area (Å²) >= 11 is 0. The molecule has 1 aromatic rings. The number of methoxy groups -OCH3 is 2. The van der Waals surface area contributed by atoms with Crippen LogP contribution in [0.3, 0.4) is 0 Å². The molecule has 0 unspecified atom stereocenters. The van der Waals surface area contributed by atoms with Gasteiger partial charge in [0, 0.05) is 25.5 Å². The normalized spacial score (nSPS) is 11.6. The second-order valence-electron chi connectivity index (χ2n) is 2.61. The molecule has 2 N–H and O–H groups in total. The van der Waals surface area contributed by atoms with Crippen molar-refractivity contribution in [1.82, 2.24) is 0 Å². The van der Waals surface area contributed by atoms with Crippen LogP contribution >= 0.6 is 0 Å². The summed E-state index contributed by atoms with van der Waals surface area (Å²) < 4.78 is 10.3. The Morgan fingerprint density at radius 3 is 2.23 bits per heavy atom. The van der Waals surface area contributed by atoms with Gasteiger partial charge in [-0.3, -0.25) is 0 Å². The molecule has 0 amide bonds. The fourth-order valence-electron chi connectivity index (χ4n) is 1.10. The maximum Gasteiger partial charge on any atom is 0.170 e. The topological polar surface area (TPSA) is 44.5 Å². The third kappa shape index (κ3) is 1.91. The Balaban J connectivity index is 3.12. The van der Waals surface area contributed by atoms with E-state index >= 15 is 0 Å². The van der Waals surface area contributed by atoms with Gasteiger partial charge in [0.15, 0.2) is 5.41 Å². The van der Waals surface area contributed by atoms with Crippen LogP contribution in [0.1, 0.15) is 5.56 Å². The molecule has 0 spiro atoms.